The summed E-state index contributed by atoms with van der Waals surface area (Å²) in [4.78, 5) is 16.3. The van der Waals surface area contributed by atoms with Crippen LogP contribution >= 0.6 is 11.6 Å². The number of fused-ring (bicyclic) bond motifs is 1. The van der Waals surface area contributed by atoms with Gasteiger partial charge in [-0.25, -0.2) is 14.5 Å². The molecule has 0 aliphatic heterocycles. The van der Waals surface area contributed by atoms with E-state index < -0.39 is 11.6 Å². The standard InChI is InChI=1S/C29H25ClN4O3/c1-31-28(35)37-19-23-26-24(18-25(30)32-23)34(33-27(26)36-2)29(20-12-6-3-7-13-20,21-14-8-4-9-15-21)22-16-10-5-11-17-22/h3-18H,19H2,1-2H3,(H,31,35). The topological polar surface area (TPSA) is 78.3 Å². The molecular formula is C29H25ClN4O3. The minimum Gasteiger partial charge on any atom is -0.479 e. The number of hydrogen-bond donors (Lipinski definition) is 1. The molecule has 0 bridgehead atoms. The highest BCUT2D eigenvalue weighted by atomic mass is 35.5. The molecule has 0 aliphatic rings. The molecule has 0 saturated heterocycles. The number of carbonyl (C=O) groups excluding carboxylic acids is 1. The van der Waals surface area contributed by atoms with Crippen LogP contribution in [-0.4, -0.2) is 35.0 Å². The van der Waals surface area contributed by atoms with E-state index in [2.05, 4.69) is 46.7 Å². The minimum absolute atomic E-state index is 0.103. The number of aromatic nitrogens is 3. The third kappa shape index (κ3) is 4.27. The van der Waals surface area contributed by atoms with Crippen LogP contribution in [0.25, 0.3) is 10.9 Å². The number of halogens is 1. The number of carbonyl (C=O) groups is 1. The van der Waals surface area contributed by atoms with E-state index in [1.807, 2.05) is 59.3 Å². The van der Waals surface area contributed by atoms with Crippen LogP contribution in [0.4, 0.5) is 4.79 Å². The Morgan fingerprint density at radius 2 is 1.43 bits per heavy atom. The number of nitrogens with zero attached hydrogens (tertiary/aromatic N) is 3. The fourth-order valence-electron chi connectivity index (χ4n) is 4.76. The molecule has 0 radical (unpaired) electrons. The first-order valence-corrected chi connectivity index (χ1v) is 12.1. The number of methoxy groups -OCH3 is 1. The predicted molar refractivity (Wildman–Crippen MR) is 143 cm³/mol. The summed E-state index contributed by atoms with van der Waals surface area (Å²) in [5.41, 5.74) is 3.23. The second kappa shape index (κ2) is 10.3. The normalized spacial score (nSPS) is 11.3. The summed E-state index contributed by atoms with van der Waals surface area (Å²) in [6, 6.07) is 32.3. The largest absolute Gasteiger partial charge is 0.479 e. The highest BCUT2D eigenvalue weighted by molar-refractivity contribution is 6.30. The van der Waals surface area contributed by atoms with Crippen LogP contribution in [0, 0.1) is 0 Å². The van der Waals surface area contributed by atoms with Gasteiger partial charge in [-0.2, -0.15) is 0 Å². The van der Waals surface area contributed by atoms with Crippen LogP contribution in [0.2, 0.25) is 5.15 Å². The molecule has 37 heavy (non-hydrogen) atoms. The number of alkyl carbamates (subject to hydrolysis) is 1. The Morgan fingerprint density at radius 1 is 0.919 bits per heavy atom. The van der Waals surface area contributed by atoms with E-state index in [-0.39, 0.29) is 11.8 Å². The van der Waals surface area contributed by atoms with E-state index in [0.29, 0.717) is 22.5 Å². The maximum atomic E-state index is 11.8. The van der Waals surface area contributed by atoms with E-state index in [1.54, 1.807) is 13.2 Å². The van der Waals surface area contributed by atoms with Gasteiger partial charge in [0.25, 0.3) is 0 Å². The number of amides is 1. The van der Waals surface area contributed by atoms with Crippen LogP contribution in [0.1, 0.15) is 22.4 Å². The molecule has 8 heteroatoms. The number of nitrogens with one attached hydrogen (secondary N) is 1. The molecule has 0 unspecified atom stereocenters. The first kappa shape index (κ1) is 24.3. The lowest BCUT2D eigenvalue weighted by molar-refractivity contribution is 0.141. The van der Waals surface area contributed by atoms with Gasteiger partial charge in [-0.1, -0.05) is 103 Å². The molecule has 0 aliphatic carbocycles. The average Bonchev–Trinajstić information content (AvgIpc) is 3.32. The first-order valence-electron chi connectivity index (χ1n) is 11.7. The summed E-state index contributed by atoms with van der Waals surface area (Å²) < 4.78 is 13.0. The van der Waals surface area contributed by atoms with Gasteiger partial charge < -0.3 is 14.8 Å². The van der Waals surface area contributed by atoms with Crippen LogP contribution in [-0.2, 0) is 16.9 Å². The van der Waals surface area contributed by atoms with E-state index in [4.69, 9.17) is 26.2 Å². The molecule has 0 fully saturated rings. The fraction of sp³-hybridized carbons (Fsp3) is 0.138. The average molecular weight is 513 g/mol. The Morgan fingerprint density at radius 3 is 1.89 bits per heavy atom. The van der Waals surface area contributed by atoms with Crippen molar-refractivity contribution in [3.05, 3.63) is 125 Å². The molecular weight excluding hydrogens is 488 g/mol. The van der Waals surface area contributed by atoms with E-state index in [0.717, 1.165) is 16.7 Å². The van der Waals surface area contributed by atoms with Gasteiger partial charge in [0.1, 0.15) is 17.3 Å². The van der Waals surface area contributed by atoms with E-state index in [1.165, 1.54) is 7.05 Å². The summed E-state index contributed by atoms with van der Waals surface area (Å²) in [7, 11) is 3.05. The van der Waals surface area contributed by atoms with Crippen molar-refractivity contribution in [2.75, 3.05) is 14.2 Å². The third-order valence-electron chi connectivity index (χ3n) is 6.31. The highest BCUT2D eigenvalue weighted by Gasteiger charge is 2.41. The van der Waals surface area contributed by atoms with Gasteiger partial charge in [0.15, 0.2) is 0 Å². The zero-order valence-electron chi connectivity index (χ0n) is 20.4. The zero-order valence-corrected chi connectivity index (χ0v) is 21.1. The van der Waals surface area contributed by atoms with Gasteiger partial charge in [-0.15, -0.1) is 5.10 Å². The Kier molecular flexibility index (Phi) is 6.79. The summed E-state index contributed by atoms with van der Waals surface area (Å²) in [5, 5.41) is 8.30. The lowest BCUT2D eigenvalue weighted by Gasteiger charge is -2.36. The number of hydrogen-bond acceptors (Lipinski definition) is 5. The van der Waals surface area contributed by atoms with Crippen molar-refractivity contribution in [1.29, 1.82) is 0 Å². The molecule has 0 atom stereocenters. The zero-order chi connectivity index (χ0) is 25.8. The molecule has 186 valence electrons. The molecule has 0 spiro atoms. The molecule has 2 aromatic heterocycles. The van der Waals surface area contributed by atoms with Crippen LogP contribution < -0.4 is 10.1 Å². The second-order valence-electron chi connectivity index (χ2n) is 8.34. The van der Waals surface area contributed by atoms with Crippen LogP contribution in [0.3, 0.4) is 0 Å². The number of ether oxygens (including phenoxy) is 2. The molecule has 0 saturated carbocycles. The highest BCUT2D eigenvalue weighted by Crippen LogP contribution is 2.44. The Bertz CT molecular complexity index is 1430. The van der Waals surface area contributed by atoms with Crippen molar-refractivity contribution < 1.29 is 14.3 Å². The molecule has 5 rings (SSSR count). The fourth-order valence-corrected chi connectivity index (χ4v) is 4.96. The van der Waals surface area contributed by atoms with Crippen molar-refractivity contribution in [1.82, 2.24) is 20.1 Å². The molecule has 5 aromatic rings. The lowest BCUT2D eigenvalue weighted by atomic mass is 9.77. The van der Waals surface area contributed by atoms with Gasteiger partial charge >= 0.3 is 6.09 Å². The van der Waals surface area contributed by atoms with Crippen LogP contribution in [0.5, 0.6) is 5.88 Å². The Hall–Kier alpha value is -4.36. The first-order chi connectivity index (χ1) is 18.1. The van der Waals surface area contributed by atoms with Crippen molar-refractivity contribution in [2.24, 2.45) is 0 Å². The van der Waals surface area contributed by atoms with E-state index >= 15 is 0 Å². The molecule has 3 aromatic carbocycles. The number of rotatable bonds is 7. The monoisotopic (exact) mass is 512 g/mol. The van der Waals surface area contributed by atoms with Crippen LogP contribution in [0.15, 0.2) is 97.1 Å². The van der Waals surface area contributed by atoms with Crippen molar-refractivity contribution in [2.45, 2.75) is 12.1 Å². The summed E-state index contributed by atoms with van der Waals surface area (Å²) >= 11 is 6.54. The molecule has 1 amide bonds. The smallest absolute Gasteiger partial charge is 0.407 e. The number of benzene rings is 3. The second-order valence-corrected chi connectivity index (χ2v) is 8.73. The van der Waals surface area contributed by atoms with Crippen molar-refractivity contribution in [3.8, 4) is 5.88 Å². The quantitative estimate of drug-likeness (QED) is 0.220. The van der Waals surface area contributed by atoms with Gasteiger partial charge in [0, 0.05) is 13.1 Å². The van der Waals surface area contributed by atoms with E-state index in [9.17, 15) is 4.79 Å². The number of pyridine rings is 1. The summed E-state index contributed by atoms with van der Waals surface area (Å²) in [6.07, 6.45) is -0.575. The molecule has 7 nitrogen and oxygen atoms in total. The predicted octanol–water partition coefficient (Wildman–Crippen LogP) is 5.79. The SMILES string of the molecule is CNC(=O)OCc1nc(Cl)cc2c1c(OC)nn2C(c1ccccc1)(c1ccccc1)c1ccccc1. The molecule has 2 heterocycles. The maximum Gasteiger partial charge on any atom is 0.407 e. The van der Waals surface area contributed by atoms with Crippen molar-refractivity contribution >= 4 is 28.6 Å². The van der Waals surface area contributed by atoms with Gasteiger partial charge in [0.2, 0.25) is 5.88 Å². The minimum atomic E-state index is -0.886. The lowest BCUT2D eigenvalue weighted by Crippen LogP contribution is -2.38. The van der Waals surface area contributed by atoms with Gasteiger partial charge in [-0.05, 0) is 16.7 Å². The summed E-state index contributed by atoms with van der Waals surface area (Å²) in [5.74, 6) is 0.349. The van der Waals surface area contributed by atoms with Crippen molar-refractivity contribution in [3.63, 3.8) is 0 Å². The molecule has 1 N–H and O–H groups in total. The Balaban J connectivity index is 1.91. The summed E-state index contributed by atoms with van der Waals surface area (Å²) in [6.45, 7) is -0.103. The Labute approximate surface area is 219 Å². The van der Waals surface area contributed by atoms with Gasteiger partial charge in [-0.3, -0.25) is 0 Å². The third-order valence-corrected chi connectivity index (χ3v) is 6.50. The maximum absolute atomic E-state index is 11.8. The van der Waals surface area contributed by atoms with Gasteiger partial charge in [0.05, 0.1) is 23.7 Å².